The SMILES string of the molecule is O=C([C@H]1CNCCC12OCc1cc(F)c(F)cc12)N(Cc1ccc(Br)c2ccccc12)C1CC1. The largest absolute Gasteiger partial charge is 0.365 e. The molecule has 1 N–H and O–H groups in total. The average molecular weight is 527 g/mol. The van der Waals surface area contributed by atoms with Gasteiger partial charge in [0.2, 0.25) is 5.91 Å². The predicted octanol–water partition coefficient (Wildman–Crippen LogP) is 5.41. The van der Waals surface area contributed by atoms with E-state index in [4.69, 9.17) is 4.74 Å². The zero-order chi connectivity index (χ0) is 23.4. The van der Waals surface area contributed by atoms with E-state index in [1.165, 1.54) is 12.1 Å². The van der Waals surface area contributed by atoms with Crippen LogP contribution in [0.2, 0.25) is 0 Å². The highest BCUT2D eigenvalue weighted by Crippen LogP contribution is 2.48. The number of carbonyl (C=O) groups excluding carboxylic acids is 1. The Balaban J connectivity index is 1.37. The smallest absolute Gasteiger partial charge is 0.230 e. The van der Waals surface area contributed by atoms with Crippen LogP contribution in [0.5, 0.6) is 0 Å². The van der Waals surface area contributed by atoms with Gasteiger partial charge in [0.15, 0.2) is 11.6 Å². The summed E-state index contributed by atoms with van der Waals surface area (Å²) in [4.78, 5) is 16.1. The molecule has 2 heterocycles. The number of benzene rings is 3. The minimum absolute atomic E-state index is 0.0132. The molecule has 1 aliphatic carbocycles. The average Bonchev–Trinajstić information content (AvgIpc) is 3.64. The summed E-state index contributed by atoms with van der Waals surface area (Å²) in [6, 6.07) is 14.9. The Bertz CT molecular complexity index is 1300. The summed E-state index contributed by atoms with van der Waals surface area (Å²) in [7, 11) is 0. The molecule has 2 fully saturated rings. The fourth-order valence-electron chi connectivity index (χ4n) is 5.65. The Labute approximate surface area is 205 Å². The molecule has 2 atom stereocenters. The van der Waals surface area contributed by atoms with Crippen molar-refractivity contribution in [3.05, 3.63) is 81.3 Å². The van der Waals surface area contributed by atoms with Crippen molar-refractivity contribution in [3.8, 4) is 0 Å². The summed E-state index contributed by atoms with van der Waals surface area (Å²) in [5, 5.41) is 5.57. The van der Waals surface area contributed by atoms with Gasteiger partial charge in [0.05, 0.1) is 12.5 Å². The minimum Gasteiger partial charge on any atom is -0.365 e. The van der Waals surface area contributed by atoms with Crippen molar-refractivity contribution in [1.82, 2.24) is 10.2 Å². The molecule has 3 aromatic rings. The van der Waals surface area contributed by atoms with Crippen LogP contribution in [0.25, 0.3) is 10.8 Å². The van der Waals surface area contributed by atoms with Crippen LogP contribution in [0.15, 0.2) is 53.0 Å². The van der Waals surface area contributed by atoms with Crippen molar-refractivity contribution >= 4 is 32.6 Å². The highest BCUT2D eigenvalue weighted by molar-refractivity contribution is 9.10. The van der Waals surface area contributed by atoms with Gasteiger partial charge in [-0.25, -0.2) is 8.78 Å². The van der Waals surface area contributed by atoms with E-state index >= 15 is 0 Å². The first kappa shape index (κ1) is 22.1. The second kappa shape index (κ2) is 8.40. The van der Waals surface area contributed by atoms with Crippen LogP contribution in [-0.4, -0.2) is 29.9 Å². The van der Waals surface area contributed by atoms with Crippen molar-refractivity contribution in [1.29, 1.82) is 0 Å². The summed E-state index contributed by atoms with van der Waals surface area (Å²) < 4.78 is 35.4. The number of hydrogen-bond donors (Lipinski definition) is 1. The van der Waals surface area contributed by atoms with E-state index in [2.05, 4.69) is 39.4 Å². The third kappa shape index (κ3) is 3.56. The number of amides is 1. The molecule has 1 spiro atoms. The van der Waals surface area contributed by atoms with Gasteiger partial charge in [-0.05, 0) is 71.5 Å². The highest BCUT2D eigenvalue weighted by atomic mass is 79.9. The van der Waals surface area contributed by atoms with Gasteiger partial charge in [-0.2, -0.15) is 0 Å². The molecule has 4 nitrogen and oxygen atoms in total. The van der Waals surface area contributed by atoms with E-state index in [-0.39, 0.29) is 18.6 Å². The van der Waals surface area contributed by atoms with Crippen molar-refractivity contribution in [2.24, 2.45) is 5.92 Å². The zero-order valence-corrected chi connectivity index (χ0v) is 20.2. The summed E-state index contributed by atoms with van der Waals surface area (Å²) in [5.74, 6) is -2.26. The monoisotopic (exact) mass is 526 g/mol. The van der Waals surface area contributed by atoms with Gasteiger partial charge >= 0.3 is 0 Å². The van der Waals surface area contributed by atoms with E-state index in [0.29, 0.717) is 37.2 Å². The first-order chi connectivity index (χ1) is 16.5. The number of halogens is 3. The molecular weight excluding hydrogens is 502 g/mol. The lowest BCUT2D eigenvalue weighted by atomic mass is 9.75. The van der Waals surface area contributed by atoms with Crippen LogP contribution in [0.4, 0.5) is 8.78 Å². The maximum atomic E-state index is 14.3. The number of piperidine rings is 1. The van der Waals surface area contributed by atoms with Gasteiger partial charge < -0.3 is 15.0 Å². The lowest BCUT2D eigenvalue weighted by molar-refractivity contribution is -0.157. The van der Waals surface area contributed by atoms with E-state index in [0.717, 1.165) is 33.7 Å². The first-order valence-electron chi connectivity index (χ1n) is 11.8. The molecule has 2 aliphatic heterocycles. The number of carbonyl (C=O) groups is 1. The van der Waals surface area contributed by atoms with Gasteiger partial charge in [-0.3, -0.25) is 4.79 Å². The molecule has 1 amide bonds. The molecule has 34 heavy (non-hydrogen) atoms. The van der Waals surface area contributed by atoms with Crippen LogP contribution in [0, 0.1) is 17.6 Å². The van der Waals surface area contributed by atoms with Crippen molar-refractivity contribution in [2.75, 3.05) is 13.1 Å². The van der Waals surface area contributed by atoms with Crippen LogP contribution in [0.1, 0.15) is 36.0 Å². The number of nitrogens with one attached hydrogen (secondary N) is 1. The molecule has 1 saturated heterocycles. The molecule has 176 valence electrons. The van der Waals surface area contributed by atoms with Crippen molar-refractivity contribution in [2.45, 2.75) is 44.1 Å². The zero-order valence-electron chi connectivity index (χ0n) is 18.6. The fourth-order valence-corrected chi connectivity index (χ4v) is 6.12. The molecule has 0 radical (unpaired) electrons. The number of hydrogen-bond acceptors (Lipinski definition) is 3. The quantitative estimate of drug-likeness (QED) is 0.494. The second-order valence-corrected chi connectivity index (χ2v) is 10.4. The Morgan fingerprint density at radius 2 is 1.88 bits per heavy atom. The van der Waals surface area contributed by atoms with Gasteiger partial charge in [0, 0.05) is 23.6 Å². The maximum absolute atomic E-state index is 14.3. The molecule has 3 aromatic carbocycles. The van der Waals surface area contributed by atoms with E-state index < -0.39 is 23.2 Å². The lowest BCUT2D eigenvalue weighted by Gasteiger charge is -2.43. The Kier molecular flexibility index (Phi) is 5.47. The fraction of sp³-hybridized carbons (Fsp3) is 0.370. The third-order valence-electron chi connectivity index (χ3n) is 7.54. The molecule has 7 heteroatoms. The summed E-state index contributed by atoms with van der Waals surface area (Å²) >= 11 is 3.63. The molecule has 3 aliphatic rings. The number of ether oxygens (including phenoxy) is 1. The predicted molar refractivity (Wildman–Crippen MR) is 129 cm³/mol. The molecule has 1 unspecified atom stereocenters. The number of rotatable bonds is 4. The van der Waals surface area contributed by atoms with Gasteiger partial charge in [-0.1, -0.05) is 46.3 Å². The standard InChI is InChI=1S/C27H25BrF2N2O2/c28-23-8-5-16(19-3-1-2-4-20(19)23)14-32(18-6-7-18)26(33)22-13-31-10-9-27(22)21-12-25(30)24(29)11-17(21)15-34-27/h1-5,8,11-12,18,22,31H,6-7,9-10,13-15H2/t22-,27?/m1/s1. The lowest BCUT2D eigenvalue weighted by Crippen LogP contribution is -2.55. The Morgan fingerprint density at radius 3 is 2.68 bits per heavy atom. The van der Waals surface area contributed by atoms with Crippen LogP contribution in [0.3, 0.4) is 0 Å². The molecule has 0 bridgehead atoms. The van der Waals surface area contributed by atoms with Crippen LogP contribution in [-0.2, 0) is 28.3 Å². The number of fused-ring (bicyclic) bond motifs is 3. The minimum atomic E-state index is -0.929. The van der Waals surface area contributed by atoms with E-state index in [9.17, 15) is 13.6 Å². The summed E-state index contributed by atoms with van der Waals surface area (Å²) in [5.41, 5.74) is 1.42. The molecule has 1 saturated carbocycles. The summed E-state index contributed by atoms with van der Waals surface area (Å²) in [6.07, 6.45) is 2.50. The van der Waals surface area contributed by atoms with Gasteiger partial charge in [0.25, 0.3) is 0 Å². The molecule has 0 aromatic heterocycles. The highest BCUT2D eigenvalue weighted by Gasteiger charge is 2.53. The van der Waals surface area contributed by atoms with E-state index in [1.807, 2.05) is 23.1 Å². The Hall–Kier alpha value is -2.35. The summed E-state index contributed by atoms with van der Waals surface area (Å²) in [6.45, 7) is 1.80. The second-order valence-electron chi connectivity index (χ2n) is 9.56. The van der Waals surface area contributed by atoms with Crippen molar-refractivity contribution < 1.29 is 18.3 Å². The van der Waals surface area contributed by atoms with Crippen LogP contribution < -0.4 is 5.32 Å². The number of nitrogens with zero attached hydrogens (tertiary/aromatic N) is 1. The molecular formula is C27H25BrF2N2O2. The van der Waals surface area contributed by atoms with Gasteiger partial charge in [0.1, 0.15) is 5.60 Å². The van der Waals surface area contributed by atoms with Gasteiger partial charge in [-0.15, -0.1) is 0 Å². The maximum Gasteiger partial charge on any atom is 0.230 e. The van der Waals surface area contributed by atoms with Crippen LogP contribution >= 0.6 is 15.9 Å². The first-order valence-corrected chi connectivity index (χ1v) is 12.6. The normalized spacial score (nSPS) is 23.9. The molecule has 6 rings (SSSR count). The van der Waals surface area contributed by atoms with E-state index in [1.54, 1.807) is 0 Å². The topological polar surface area (TPSA) is 41.6 Å². The van der Waals surface area contributed by atoms with Crippen molar-refractivity contribution in [3.63, 3.8) is 0 Å². The third-order valence-corrected chi connectivity index (χ3v) is 8.23. The Morgan fingerprint density at radius 1 is 1.12 bits per heavy atom.